The Morgan fingerprint density at radius 3 is 2.29 bits per heavy atom. The summed E-state index contributed by atoms with van der Waals surface area (Å²) in [5.74, 6) is -2.19. The molecule has 1 aromatic heterocycles. The molecule has 8 nitrogen and oxygen atoms in total. The molecule has 2 aromatic carbocycles. The van der Waals surface area contributed by atoms with Crippen LogP contribution in [0.4, 0.5) is 5.69 Å². The van der Waals surface area contributed by atoms with Crippen molar-refractivity contribution in [2.45, 2.75) is 0 Å². The first-order valence-electron chi connectivity index (χ1n) is 8.95. The predicted molar refractivity (Wildman–Crippen MR) is 115 cm³/mol. The molecule has 9 heteroatoms. The summed E-state index contributed by atoms with van der Waals surface area (Å²) in [6.45, 7) is 0. The lowest BCUT2D eigenvalue weighted by atomic mass is 10.0. The number of hydrogen-bond donors (Lipinski definition) is 3. The van der Waals surface area contributed by atoms with Crippen LogP contribution in [0.25, 0.3) is 17.4 Å². The average molecular weight is 434 g/mol. The van der Waals surface area contributed by atoms with Crippen LogP contribution >= 0.6 is 11.8 Å². The van der Waals surface area contributed by atoms with Gasteiger partial charge in [-0.2, -0.15) is 0 Å². The number of hydrogen-bond acceptors (Lipinski definition) is 6. The molecule has 0 atom stereocenters. The topological polar surface area (TPSA) is 129 Å². The molecule has 1 amide bonds. The molecule has 0 radical (unpaired) electrons. The molecule has 1 saturated heterocycles. The summed E-state index contributed by atoms with van der Waals surface area (Å²) < 4.78 is 5.71. The van der Waals surface area contributed by atoms with Crippen LogP contribution in [0.5, 0.6) is 0 Å². The summed E-state index contributed by atoms with van der Waals surface area (Å²) in [5, 5.41) is 21.6. The fraction of sp³-hybridized carbons (Fsp3) is 0. The Bertz CT molecular complexity index is 1230. The van der Waals surface area contributed by atoms with Crippen LogP contribution in [-0.4, -0.2) is 33.2 Å². The number of aliphatic imine (C=N–C) groups is 1. The maximum atomic E-state index is 12.2. The number of amidine groups is 1. The molecule has 0 spiro atoms. The van der Waals surface area contributed by atoms with Crippen LogP contribution in [0.3, 0.4) is 0 Å². The number of carbonyl (C=O) groups excluding carboxylic acids is 1. The van der Waals surface area contributed by atoms with Gasteiger partial charge in [0.25, 0.3) is 5.91 Å². The Labute approximate surface area is 179 Å². The van der Waals surface area contributed by atoms with Crippen LogP contribution in [0, 0.1) is 0 Å². The van der Waals surface area contributed by atoms with E-state index < -0.39 is 11.9 Å². The molecule has 31 heavy (non-hydrogen) atoms. The quantitative estimate of drug-likeness (QED) is 0.512. The van der Waals surface area contributed by atoms with Crippen molar-refractivity contribution in [3.8, 4) is 11.3 Å². The van der Waals surface area contributed by atoms with Crippen molar-refractivity contribution in [1.82, 2.24) is 5.32 Å². The number of carboxylic acids is 2. The van der Waals surface area contributed by atoms with Crippen molar-refractivity contribution in [3.05, 3.63) is 82.5 Å². The van der Waals surface area contributed by atoms with E-state index in [4.69, 9.17) is 4.42 Å². The molecule has 3 aromatic rings. The minimum atomic E-state index is -1.25. The highest BCUT2D eigenvalue weighted by molar-refractivity contribution is 8.18. The summed E-state index contributed by atoms with van der Waals surface area (Å²) in [4.78, 5) is 39.6. The Balaban J connectivity index is 1.60. The molecular weight excluding hydrogens is 420 g/mol. The first-order valence-corrected chi connectivity index (χ1v) is 9.77. The third-order valence-corrected chi connectivity index (χ3v) is 5.16. The summed E-state index contributed by atoms with van der Waals surface area (Å²) in [6.07, 6.45) is 1.54. The van der Waals surface area contributed by atoms with Crippen LogP contribution in [0.1, 0.15) is 26.5 Å². The summed E-state index contributed by atoms with van der Waals surface area (Å²) in [5.41, 5.74) is 0.675. The Morgan fingerprint density at radius 2 is 1.65 bits per heavy atom. The lowest BCUT2D eigenvalue weighted by molar-refractivity contribution is -0.115. The van der Waals surface area contributed by atoms with Gasteiger partial charge in [0.05, 0.1) is 21.7 Å². The molecule has 0 bridgehead atoms. The molecule has 1 fully saturated rings. The number of furan rings is 1. The largest absolute Gasteiger partial charge is 0.478 e. The van der Waals surface area contributed by atoms with E-state index in [1.807, 2.05) is 30.3 Å². The number of thioether (sulfide) groups is 1. The number of amides is 1. The minimum Gasteiger partial charge on any atom is -0.478 e. The van der Waals surface area contributed by atoms with Crippen LogP contribution in [0.2, 0.25) is 0 Å². The highest BCUT2D eigenvalue weighted by Gasteiger charge is 2.24. The number of para-hydroxylation sites is 1. The predicted octanol–water partition coefficient (Wildman–Crippen LogP) is 4.23. The third kappa shape index (κ3) is 4.57. The van der Waals surface area contributed by atoms with Crippen molar-refractivity contribution >= 4 is 46.5 Å². The number of nitrogens with one attached hydrogen (secondary N) is 1. The van der Waals surface area contributed by atoms with Gasteiger partial charge in [-0.1, -0.05) is 18.2 Å². The molecule has 3 N–H and O–H groups in total. The standard InChI is InChI=1S/C22H14N2O6S/c25-19-18(31-22(24-19)23-15-4-2-1-3-5-15)11-16-6-7-17(30-16)12-8-13(20(26)27)10-14(9-12)21(28)29/h1-11H,(H,26,27)(H,28,29)(H,23,24,25)/b18-11-. The average Bonchev–Trinajstić information content (AvgIpc) is 3.35. The van der Waals surface area contributed by atoms with Gasteiger partial charge in [0.2, 0.25) is 0 Å². The zero-order valence-corrected chi connectivity index (χ0v) is 16.6. The molecule has 1 aliphatic rings. The second kappa shape index (κ2) is 8.33. The summed E-state index contributed by atoms with van der Waals surface area (Å²) >= 11 is 1.16. The monoisotopic (exact) mass is 434 g/mol. The van der Waals surface area contributed by atoms with Crippen molar-refractivity contribution in [3.63, 3.8) is 0 Å². The Hall–Kier alpha value is -4.11. The van der Waals surface area contributed by atoms with Crippen molar-refractivity contribution in [2.24, 2.45) is 4.99 Å². The smallest absolute Gasteiger partial charge is 0.335 e. The number of rotatable bonds is 5. The van der Waals surface area contributed by atoms with Crippen molar-refractivity contribution in [2.75, 3.05) is 0 Å². The van der Waals surface area contributed by atoms with E-state index in [9.17, 15) is 24.6 Å². The number of benzene rings is 2. The fourth-order valence-corrected chi connectivity index (χ4v) is 3.65. The molecule has 2 heterocycles. The van der Waals surface area contributed by atoms with E-state index in [1.165, 1.54) is 18.2 Å². The van der Waals surface area contributed by atoms with E-state index in [0.29, 0.717) is 27.1 Å². The molecule has 1 aliphatic heterocycles. The van der Waals surface area contributed by atoms with E-state index >= 15 is 0 Å². The van der Waals surface area contributed by atoms with Crippen molar-refractivity contribution in [1.29, 1.82) is 0 Å². The highest BCUT2D eigenvalue weighted by Crippen LogP contribution is 2.30. The van der Waals surface area contributed by atoms with Crippen LogP contribution < -0.4 is 5.32 Å². The number of carboxylic acid groups (broad SMARTS) is 2. The van der Waals surface area contributed by atoms with E-state index in [1.54, 1.807) is 12.1 Å². The lowest BCUT2D eigenvalue weighted by Gasteiger charge is -2.03. The van der Waals surface area contributed by atoms with Gasteiger partial charge in [0.15, 0.2) is 5.17 Å². The maximum absolute atomic E-state index is 12.2. The SMILES string of the molecule is O=C1NC(=Nc2ccccc2)S/C1=C\c1ccc(-c2cc(C(=O)O)cc(C(=O)O)c2)o1. The first kappa shape index (κ1) is 20.2. The van der Waals surface area contributed by atoms with E-state index in [2.05, 4.69) is 10.3 Å². The zero-order valence-electron chi connectivity index (χ0n) is 15.7. The van der Waals surface area contributed by atoms with Crippen molar-refractivity contribution < 1.29 is 29.0 Å². The van der Waals surface area contributed by atoms with Gasteiger partial charge in [0, 0.05) is 11.6 Å². The Kier molecular flexibility index (Phi) is 5.42. The van der Waals surface area contributed by atoms with Gasteiger partial charge >= 0.3 is 11.9 Å². The van der Waals surface area contributed by atoms with Gasteiger partial charge in [-0.25, -0.2) is 14.6 Å². The molecule has 0 aliphatic carbocycles. The highest BCUT2D eigenvalue weighted by atomic mass is 32.2. The fourth-order valence-electron chi connectivity index (χ4n) is 2.83. The molecule has 0 saturated carbocycles. The Morgan fingerprint density at radius 1 is 0.968 bits per heavy atom. The zero-order chi connectivity index (χ0) is 22.0. The number of aromatic carboxylic acids is 2. The second-order valence-electron chi connectivity index (χ2n) is 6.43. The van der Waals surface area contributed by atoms with Gasteiger partial charge in [-0.3, -0.25) is 4.79 Å². The number of carbonyl (C=O) groups is 3. The minimum absolute atomic E-state index is 0.168. The summed E-state index contributed by atoms with van der Waals surface area (Å²) in [6, 6.07) is 16.1. The van der Waals surface area contributed by atoms with E-state index in [0.717, 1.165) is 17.8 Å². The normalized spacial score (nSPS) is 15.9. The second-order valence-corrected chi connectivity index (χ2v) is 7.46. The summed E-state index contributed by atoms with van der Waals surface area (Å²) in [7, 11) is 0. The number of nitrogens with zero attached hydrogens (tertiary/aromatic N) is 1. The molecule has 0 unspecified atom stereocenters. The molecular formula is C22H14N2O6S. The first-order chi connectivity index (χ1) is 14.9. The van der Waals surface area contributed by atoms with Gasteiger partial charge in [-0.15, -0.1) is 0 Å². The van der Waals surface area contributed by atoms with Gasteiger partial charge in [0.1, 0.15) is 11.5 Å². The lowest BCUT2D eigenvalue weighted by Crippen LogP contribution is -2.19. The third-order valence-electron chi connectivity index (χ3n) is 4.25. The van der Waals surface area contributed by atoms with Gasteiger partial charge in [-0.05, 0) is 54.2 Å². The molecule has 4 rings (SSSR count). The van der Waals surface area contributed by atoms with Crippen LogP contribution in [0.15, 0.2) is 75.0 Å². The van der Waals surface area contributed by atoms with E-state index in [-0.39, 0.29) is 22.8 Å². The maximum Gasteiger partial charge on any atom is 0.335 e. The van der Waals surface area contributed by atoms with Gasteiger partial charge < -0.3 is 19.9 Å². The molecule has 154 valence electrons. The van der Waals surface area contributed by atoms with Crippen LogP contribution in [-0.2, 0) is 4.79 Å².